The van der Waals surface area contributed by atoms with Crippen molar-refractivity contribution in [3.63, 3.8) is 0 Å². The zero-order valence-corrected chi connectivity index (χ0v) is 10.7. The van der Waals surface area contributed by atoms with E-state index < -0.39 is 10.9 Å². The van der Waals surface area contributed by atoms with E-state index in [1.807, 2.05) is 18.2 Å². The van der Waals surface area contributed by atoms with E-state index in [1.54, 1.807) is 13.0 Å². The molecule has 0 saturated carbocycles. The summed E-state index contributed by atoms with van der Waals surface area (Å²) in [6, 6.07) is 7.34. The zero-order valence-electron chi connectivity index (χ0n) is 9.12. The maximum Gasteiger partial charge on any atom is 0.272 e. The van der Waals surface area contributed by atoms with Gasteiger partial charge in [-0.3, -0.25) is 9.59 Å². The van der Waals surface area contributed by atoms with Crippen molar-refractivity contribution in [2.24, 2.45) is 0 Å². The smallest absolute Gasteiger partial charge is 0.272 e. The maximum absolute atomic E-state index is 11.4. The summed E-state index contributed by atoms with van der Waals surface area (Å²) in [5, 5.41) is 2.90. The summed E-state index contributed by atoms with van der Waals surface area (Å²) < 4.78 is 5.93. The highest BCUT2D eigenvalue weighted by molar-refractivity contribution is 9.10. The fraction of sp³-hybridized carbons (Fsp3) is 0.167. The van der Waals surface area contributed by atoms with Gasteiger partial charge in [0.05, 0.1) is 12.3 Å². The molecule has 0 heterocycles. The van der Waals surface area contributed by atoms with Gasteiger partial charge in [0.2, 0.25) is 0 Å². The number of hydrogen-bond donors (Lipinski definition) is 1. The van der Waals surface area contributed by atoms with E-state index in [0.29, 0.717) is 6.61 Å². The van der Waals surface area contributed by atoms with Crippen molar-refractivity contribution >= 4 is 27.3 Å². The Labute approximate surface area is 106 Å². The lowest BCUT2D eigenvalue weighted by atomic mass is 10.2. The third-order valence-electron chi connectivity index (χ3n) is 2.29. The first-order chi connectivity index (χ1) is 8.15. The van der Waals surface area contributed by atoms with Crippen LogP contribution in [0.4, 0.5) is 11.4 Å². The number of ether oxygens (including phenoxy) is 1. The maximum atomic E-state index is 11.4. The molecule has 2 rings (SSSR count). The summed E-state index contributed by atoms with van der Waals surface area (Å²) in [4.78, 5) is 22.7. The van der Waals surface area contributed by atoms with Crippen molar-refractivity contribution < 1.29 is 4.74 Å². The van der Waals surface area contributed by atoms with Crippen molar-refractivity contribution in [3.8, 4) is 5.75 Å². The molecule has 0 spiro atoms. The van der Waals surface area contributed by atoms with E-state index in [-0.39, 0.29) is 11.4 Å². The first kappa shape index (κ1) is 11.9. The van der Waals surface area contributed by atoms with Crippen LogP contribution in [0.25, 0.3) is 0 Å². The van der Waals surface area contributed by atoms with Gasteiger partial charge in [0, 0.05) is 4.47 Å². The molecule has 0 fully saturated rings. The minimum Gasteiger partial charge on any atom is -0.488 e. The normalized spacial score (nSPS) is 10.5. The van der Waals surface area contributed by atoms with Gasteiger partial charge in [0.15, 0.2) is 5.75 Å². The minimum absolute atomic E-state index is 0.119. The molecule has 0 saturated heterocycles. The largest absolute Gasteiger partial charge is 0.488 e. The van der Waals surface area contributed by atoms with Crippen LogP contribution < -0.4 is 20.9 Å². The molecule has 0 radical (unpaired) electrons. The molecule has 0 aliphatic heterocycles. The number of hydrogen-bond acceptors (Lipinski definition) is 4. The molecule has 2 aromatic carbocycles. The fourth-order valence-electron chi connectivity index (χ4n) is 1.46. The Morgan fingerprint density at radius 2 is 1.94 bits per heavy atom. The van der Waals surface area contributed by atoms with Gasteiger partial charge in [0.25, 0.3) is 10.9 Å². The van der Waals surface area contributed by atoms with Gasteiger partial charge >= 0.3 is 0 Å². The van der Waals surface area contributed by atoms with Crippen LogP contribution in [0.5, 0.6) is 5.75 Å². The van der Waals surface area contributed by atoms with Crippen molar-refractivity contribution in [2.75, 3.05) is 11.9 Å². The molecule has 88 valence electrons. The van der Waals surface area contributed by atoms with Gasteiger partial charge in [-0.05, 0) is 35.0 Å². The second-order valence-corrected chi connectivity index (χ2v) is 4.25. The molecule has 4 nitrogen and oxygen atoms in total. The molecule has 0 atom stereocenters. The lowest BCUT2D eigenvalue weighted by Crippen LogP contribution is -2.35. The van der Waals surface area contributed by atoms with Crippen molar-refractivity contribution in [1.29, 1.82) is 0 Å². The molecule has 0 aromatic heterocycles. The van der Waals surface area contributed by atoms with Crippen molar-refractivity contribution in [3.05, 3.63) is 49.2 Å². The Balaban J connectivity index is 2.32. The van der Waals surface area contributed by atoms with E-state index in [1.165, 1.54) is 0 Å². The average Bonchev–Trinajstić information content (AvgIpc) is 2.35. The predicted molar refractivity (Wildman–Crippen MR) is 69.9 cm³/mol. The minimum atomic E-state index is -0.568. The van der Waals surface area contributed by atoms with Gasteiger partial charge in [-0.25, -0.2) is 0 Å². The van der Waals surface area contributed by atoms with E-state index in [9.17, 15) is 9.59 Å². The Morgan fingerprint density at radius 3 is 2.59 bits per heavy atom. The van der Waals surface area contributed by atoms with E-state index >= 15 is 0 Å². The summed E-state index contributed by atoms with van der Waals surface area (Å²) in [6.07, 6.45) is 0. The van der Waals surface area contributed by atoms with Crippen LogP contribution in [0, 0.1) is 0 Å². The van der Waals surface area contributed by atoms with Gasteiger partial charge in [-0.1, -0.05) is 12.1 Å². The van der Waals surface area contributed by atoms with E-state index in [4.69, 9.17) is 4.74 Å². The predicted octanol–water partition coefficient (Wildman–Crippen LogP) is 2.19. The third kappa shape index (κ3) is 2.10. The highest BCUT2D eigenvalue weighted by Gasteiger charge is 2.22. The topological polar surface area (TPSA) is 55.4 Å². The van der Waals surface area contributed by atoms with Crippen LogP contribution in [0.2, 0.25) is 0 Å². The second-order valence-electron chi connectivity index (χ2n) is 3.40. The number of anilines is 2. The Morgan fingerprint density at radius 1 is 1.24 bits per heavy atom. The molecule has 0 amide bonds. The molecule has 1 N–H and O–H groups in total. The van der Waals surface area contributed by atoms with Crippen molar-refractivity contribution in [2.45, 2.75) is 6.92 Å². The third-order valence-corrected chi connectivity index (χ3v) is 2.98. The lowest BCUT2D eigenvalue weighted by Gasteiger charge is -2.13. The van der Waals surface area contributed by atoms with Crippen LogP contribution in [0.15, 0.2) is 38.3 Å². The molecule has 0 bridgehead atoms. The fourth-order valence-corrected chi connectivity index (χ4v) is 1.85. The van der Waals surface area contributed by atoms with E-state index in [2.05, 4.69) is 21.2 Å². The summed E-state index contributed by atoms with van der Waals surface area (Å²) in [5.74, 6) is 0.119. The van der Waals surface area contributed by atoms with Crippen LogP contribution in [0.1, 0.15) is 6.92 Å². The molecule has 17 heavy (non-hydrogen) atoms. The summed E-state index contributed by atoms with van der Waals surface area (Å²) in [5.41, 5.74) is -0.157. The van der Waals surface area contributed by atoms with Crippen LogP contribution in [-0.4, -0.2) is 6.61 Å². The van der Waals surface area contributed by atoms with Crippen LogP contribution in [-0.2, 0) is 0 Å². The van der Waals surface area contributed by atoms with Gasteiger partial charge in [0.1, 0.15) is 5.69 Å². The summed E-state index contributed by atoms with van der Waals surface area (Å²) >= 11 is 3.35. The number of benzene rings is 1. The highest BCUT2D eigenvalue weighted by atomic mass is 79.9. The molecular formula is C12H10BrNO3. The van der Waals surface area contributed by atoms with Gasteiger partial charge < -0.3 is 10.1 Å². The summed E-state index contributed by atoms with van der Waals surface area (Å²) in [7, 11) is 0. The first-order valence-electron chi connectivity index (χ1n) is 5.12. The Kier molecular flexibility index (Phi) is 3.28. The van der Waals surface area contributed by atoms with Crippen LogP contribution >= 0.6 is 15.9 Å². The quantitative estimate of drug-likeness (QED) is 0.879. The second kappa shape index (κ2) is 4.71. The number of nitrogens with one attached hydrogen (secondary N) is 1. The molecule has 0 unspecified atom stereocenters. The Hall–Kier alpha value is -1.62. The number of halogens is 1. The summed E-state index contributed by atoms with van der Waals surface area (Å²) in [6.45, 7) is 2.12. The zero-order chi connectivity index (χ0) is 12.4. The molecule has 5 heteroatoms. The SMILES string of the molecule is CCOc1c(Nc2ccccc2Br)c(=O)c1=O. The number of para-hydroxylation sites is 1. The average molecular weight is 296 g/mol. The first-order valence-corrected chi connectivity index (χ1v) is 5.92. The standard InChI is InChI=1S/C12H10BrNO3/c1-2-17-12-9(10(15)11(12)16)14-8-6-4-3-5-7(8)13/h3-6,14H,2H2,1H3. The number of rotatable bonds is 4. The highest BCUT2D eigenvalue weighted by Crippen LogP contribution is 2.27. The molecule has 0 aliphatic rings. The van der Waals surface area contributed by atoms with Crippen LogP contribution in [0.3, 0.4) is 0 Å². The Bertz CT molecular complexity index is 614. The van der Waals surface area contributed by atoms with Crippen molar-refractivity contribution in [1.82, 2.24) is 0 Å². The molecule has 0 aliphatic carbocycles. The van der Waals surface area contributed by atoms with Gasteiger partial charge in [-0.15, -0.1) is 0 Å². The lowest BCUT2D eigenvalue weighted by molar-refractivity contribution is 0.335. The van der Waals surface area contributed by atoms with Gasteiger partial charge in [-0.2, -0.15) is 0 Å². The molecular weight excluding hydrogens is 286 g/mol. The van der Waals surface area contributed by atoms with E-state index in [0.717, 1.165) is 10.2 Å². The molecule has 2 aromatic rings. The monoisotopic (exact) mass is 295 g/mol.